The molecule has 1 aliphatic heterocycles. The third kappa shape index (κ3) is 3.11. The normalized spacial score (nSPS) is 17.9. The molecule has 3 aromatic rings. The van der Waals surface area contributed by atoms with E-state index >= 15 is 0 Å². The van der Waals surface area contributed by atoms with Gasteiger partial charge in [-0.2, -0.15) is 5.26 Å². The van der Waals surface area contributed by atoms with Gasteiger partial charge in [-0.25, -0.2) is 13.8 Å². The van der Waals surface area contributed by atoms with E-state index in [0.29, 0.717) is 12.1 Å². The average Bonchev–Trinajstić information content (AvgIpc) is 3.23. The Labute approximate surface area is 143 Å². The van der Waals surface area contributed by atoms with Gasteiger partial charge in [0.05, 0.1) is 22.7 Å². The maximum absolute atomic E-state index is 13.3. The van der Waals surface area contributed by atoms with E-state index in [0.717, 1.165) is 41.9 Å². The van der Waals surface area contributed by atoms with Crippen LogP contribution >= 0.6 is 0 Å². The molecule has 1 fully saturated rings. The maximum atomic E-state index is 13.3. The van der Waals surface area contributed by atoms with E-state index in [1.165, 1.54) is 12.1 Å². The van der Waals surface area contributed by atoms with Crippen LogP contribution in [0.5, 0.6) is 0 Å². The average molecular weight is 338 g/mol. The summed E-state index contributed by atoms with van der Waals surface area (Å²) >= 11 is 0. The van der Waals surface area contributed by atoms with Crippen molar-refractivity contribution in [3.63, 3.8) is 0 Å². The van der Waals surface area contributed by atoms with Crippen LogP contribution in [-0.4, -0.2) is 28.0 Å². The zero-order chi connectivity index (χ0) is 17.4. The first-order valence-electron chi connectivity index (χ1n) is 8.18. The van der Waals surface area contributed by atoms with E-state index in [-0.39, 0.29) is 5.92 Å². The molecule has 0 spiro atoms. The summed E-state index contributed by atoms with van der Waals surface area (Å²) < 4.78 is 26.4. The molecule has 2 heterocycles. The molecule has 6 heteroatoms. The first-order chi connectivity index (χ1) is 12.1. The number of aromatic nitrogens is 2. The van der Waals surface area contributed by atoms with Crippen molar-refractivity contribution in [2.75, 3.05) is 13.1 Å². The molecule has 4 nitrogen and oxygen atoms in total. The molecule has 0 bridgehead atoms. The molecule has 1 N–H and O–H groups in total. The zero-order valence-corrected chi connectivity index (χ0v) is 13.5. The fourth-order valence-corrected chi connectivity index (χ4v) is 3.39. The van der Waals surface area contributed by atoms with Crippen molar-refractivity contribution in [3.05, 3.63) is 65.0 Å². The van der Waals surface area contributed by atoms with Crippen LogP contribution in [0.4, 0.5) is 8.78 Å². The molecule has 0 amide bonds. The molecule has 0 aliphatic carbocycles. The number of hydrogen-bond acceptors (Lipinski definition) is 3. The minimum atomic E-state index is -0.818. The number of benzene rings is 2. The first kappa shape index (κ1) is 15.7. The second-order valence-corrected chi connectivity index (χ2v) is 6.43. The van der Waals surface area contributed by atoms with Crippen molar-refractivity contribution in [2.45, 2.75) is 18.9 Å². The van der Waals surface area contributed by atoms with Crippen LogP contribution in [0.3, 0.4) is 0 Å². The summed E-state index contributed by atoms with van der Waals surface area (Å²) in [7, 11) is 0. The lowest BCUT2D eigenvalue weighted by atomic mass is 10.1. The highest BCUT2D eigenvalue weighted by atomic mass is 19.2. The molecule has 0 saturated carbocycles. The van der Waals surface area contributed by atoms with E-state index in [1.54, 1.807) is 18.2 Å². The van der Waals surface area contributed by atoms with Crippen molar-refractivity contribution in [1.82, 2.24) is 14.9 Å². The van der Waals surface area contributed by atoms with Gasteiger partial charge in [-0.05, 0) is 48.9 Å². The number of likely N-dealkylation sites (tertiary alicyclic amines) is 1. The molecule has 1 atom stereocenters. The molecule has 1 aromatic heterocycles. The molecule has 1 saturated heterocycles. The van der Waals surface area contributed by atoms with Crippen LogP contribution in [-0.2, 0) is 6.54 Å². The molecule has 1 aliphatic rings. The topological polar surface area (TPSA) is 55.7 Å². The summed E-state index contributed by atoms with van der Waals surface area (Å²) in [6.07, 6.45) is 0.953. The van der Waals surface area contributed by atoms with Crippen molar-refractivity contribution in [3.8, 4) is 6.07 Å². The zero-order valence-electron chi connectivity index (χ0n) is 13.5. The number of nitriles is 1. The second kappa shape index (κ2) is 6.26. The number of nitrogens with zero attached hydrogens (tertiary/aromatic N) is 3. The molecule has 25 heavy (non-hydrogen) atoms. The molecule has 0 radical (unpaired) electrons. The smallest absolute Gasteiger partial charge is 0.159 e. The number of fused-ring (bicyclic) bond motifs is 1. The predicted octanol–water partition coefficient (Wildman–Crippen LogP) is 3.70. The third-order valence-electron chi connectivity index (χ3n) is 4.68. The lowest BCUT2D eigenvalue weighted by molar-refractivity contribution is 0.325. The van der Waals surface area contributed by atoms with Crippen molar-refractivity contribution in [1.29, 1.82) is 5.26 Å². The van der Waals surface area contributed by atoms with Crippen LogP contribution in [0.15, 0.2) is 36.4 Å². The van der Waals surface area contributed by atoms with E-state index in [9.17, 15) is 8.78 Å². The Morgan fingerprint density at radius 3 is 2.88 bits per heavy atom. The molecule has 4 rings (SSSR count). The summed E-state index contributed by atoms with van der Waals surface area (Å²) in [4.78, 5) is 10.2. The summed E-state index contributed by atoms with van der Waals surface area (Å²) in [6.45, 7) is 2.28. The number of H-pyrrole nitrogens is 1. The minimum absolute atomic E-state index is 0.267. The number of hydrogen-bond donors (Lipinski definition) is 1. The van der Waals surface area contributed by atoms with Gasteiger partial charge in [-0.3, -0.25) is 4.90 Å². The highest BCUT2D eigenvalue weighted by Crippen LogP contribution is 2.28. The molecule has 2 aromatic carbocycles. The molecular formula is C19H16F2N4. The van der Waals surface area contributed by atoms with Crippen molar-refractivity contribution < 1.29 is 8.78 Å². The fraction of sp³-hybridized carbons (Fsp3) is 0.263. The Balaban J connectivity index is 1.48. The van der Waals surface area contributed by atoms with Gasteiger partial charge < -0.3 is 4.98 Å². The van der Waals surface area contributed by atoms with Gasteiger partial charge in [0.1, 0.15) is 5.82 Å². The second-order valence-electron chi connectivity index (χ2n) is 6.43. The lowest BCUT2D eigenvalue weighted by Crippen LogP contribution is -2.20. The predicted molar refractivity (Wildman–Crippen MR) is 89.8 cm³/mol. The Morgan fingerprint density at radius 1 is 1.20 bits per heavy atom. The lowest BCUT2D eigenvalue weighted by Gasteiger charge is -2.15. The van der Waals surface area contributed by atoms with Crippen LogP contribution < -0.4 is 0 Å². The van der Waals surface area contributed by atoms with Gasteiger partial charge in [0.15, 0.2) is 11.6 Å². The van der Waals surface area contributed by atoms with Gasteiger partial charge in [-0.1, -0.05) is 6.07 Å². The standard InChI is InChI=1S/C19H16F2N4/c20-15-3-1-13(7-16(15)21)10-25-6-5-14(11-25)19-23-17-4-2-12(9-22)8-18(17)24-19/h1-4,7-8,14H,5-6,10-11H2,(H,23,24)/t14-/m0/s1. The third-order valence-corrected chi connectivity index (χ3v) is 4.68. The van der Waals surface area contributed by atoms with E-state index in [4.69, 9.17) is 5.26 Å². The number of aromatic amines is 1. The highest BCUT2D eigenvalue weighted by Gasteiger charge is 2.26. The Hall–Kier alpha value is -2.78. The minimum Gasteiger partial charge on any atom is -0.342 e. The quantitative estimate of drug-likeness (QED) is 0.792. The number of halogens is 2. The van der Waals surface area contributed by atoms with Crippen LogP contribution in [0.25, 0.3) is 11.0 Å². The first-order valence-corrected chi connectivity index (χ1v) is 8.18. The Bertz CT molecular complexity index is 973. The number of imidazole rings is 1. The van der Waals surface area contributed by atoms with E-state index < -0.39 is 11.6 Å². The van der Waals surface area contributed by atoms with Crippen LogP contribution in [0, 0.1) is 23.0 Å². The molecular weight excluding hydrogens is 322 g/mol. The number of rotatable bonds is 3. The van der Waals surface area contributed by atoms with Crippen molar-refractivity contribution >= 4 is 11.0 Å². The van der Waals surface area contributed by atoms with Gasteiger partial charge in [-0.15, -0.1) is 0 Å². The largest absolute Gasteiger partial charge is 0.342 e. The highest BCUT2D eigenvalue weighted by molar-refractivity contribution is 5.76. The van der Waals surface area contributed by atoms with Gasteiger partial charge in [0.2, 0.25) is 0 Å². The van der Waals surface area contributed by atoms with Crippen LogP contribution in [0.1, 0.15) is 29.3 Å². The van der Waals surface area contributed by atoms with Gasteiger partial charge in [0.25, 0.3) is 0 Å². The van der Waals surface area contributed by atoms with Gasteiger partial charge in [0, 0.05) is 19.0 Å². The van der Waals surface area contributed by atoms with E-state index in [1.807, 2.05) is 6.07 Å². The fourth-order valence-electron chi connectivity index (χ4n) is 3.39. The van der Waals surface area contributed by atoms with E-state index in [2.05, 4.69) is 20.9 Å². The summed E-state index contributed by atoms with van der Waals surface area (Å²) in [5, 5.41) is 8.99. The van der Waals surface area contributed by atoms with Gasteiger partial charge >= 0.3 is 0 Å². The Morgan fingerprint density at radius 2 is 2.08 bits per heavy atom. The SMILES string of the molecule is N#Cc1ccc2nc([C@H]3CCN(Cc4ccc(F)c(F)c4)C3)[nH]c2c1. The number of nitrogens with one attached hydrogen (secondary N) is 1. The summed E-state index contributed by atoms with van der Waals surface area (Å²) in [5.41, 5.74) is 3.10. The Kier molecular flexibility index (Phi) is 3.94. The van der Waals surface area contributed by atoms with Crippen molar-refractivity contribution in [2.24, 2.45) is 0 Å². The molecule has 126 valence electrons. The summed E-state index contributed by atoms with van der Waals surface area (Å²) in [6, 6.07) is 11.6. The van der Waals surface area contributed by atoms with Crippen LogP contribution in [0.2, 0.25) is 0 Å². The summed E-state index contributed by atoms with van der Waals surface area (Å²) in [5.74, 6) is -0.443. The molecule has 0 unspecified atom stereocenters. The monoisotopic (exact) mass is 338 g/mol. The maximum Gasteiger partial charge on any atom is 0.159 e.